The molecule has 0 amide bonds. The zero-order valence-electron chi connectivity index (χ0n) is 72.9. The highest BCUT2D eigenvalue weighted by atomic mass is 16.7. The number of esters is 12. The molecule has 44 nitrogen and oxygen atoms in total. The van der Waals surface area contributed by atoms with Crippen LogP contribution in [0, 0.1) is 13.8 Å². The van der Waals surface area contributed by atoms with Gasteiger partial charge in [-0.1, -0.05) is 130 Å². The number of aromatic nitrogens is 6. The van der Waals surface area contributed by atoms with Crippen molar-refractivity contribution in [2.45, 2.75) is 161 Å². The fourth-order valence-corrected chi connectivity index (χ4v) is 13.6. The van der Waals surface area contributed by atoms with Crippen LogP contribution < -0.4 is 22.8 Å². The van der Waals surface area contributed by atoms with Gasteiger partial charge >= 0.3 is 83.0 Å². The summed E-state index contributed by atoms with van der Waals surface area (Å²) in [4.78, 5) is 205. The quantitative estimate of drug-likeness (QED) is 0.0501. The molecule has 4 unspecified atom stereocenters. The van der Waals surface area contributed by atoms with E-state index >= 15 is 0 Å². The van der Waals surface area contributed by atoms with Crippen LogP contribution in [0.1, 0.15) is 135 Å². The van der Waals surface area contributed by atoms with Crippen molar-refractivity contribution in [1.82, 2.24) is 38.9 Å². The van der Waals surface area contributed by atoms with Gasteiger partial charge in [0, 0.05) is 41.5 Å². The van der Waals surface area contributed by atoms with Gasteiger partial charge < -0.3 is 87.3 Å². The van der Waals surface area contributed by atoms with E-state index in [0.29, 0.717) is 11.1 Å². The number of hydrogen-bond acceptors (Lipinski definition) is 42. The van der Waals surface area contributed by atoms with Crippen LogP contribution in [0.5, 0.6) is 0 Å². The number of rotatable bonds is 26. The molecule has 135 heavy (non-hydrogen) atoms. The predicted octanol–water partition coefficient (Wildman–Crippen LogP) is 5.48. The van der Waals surface area contributed by atoms with Crippen molar-refractivity contribution < 1.29 is 133 Å². The first-order valence-corrected chi connectivity index (χ1v) is 40.8. The Labute approximate surface area is 769 Å². The van der Waals surface area contributed by atoms with Gasteiger partial charge in [0.1, 0.15) is 99.5 Å². The van der Waals surface area contributed by atoms with Crippen molar-refractivity contribution >= 4 is 96.2 Å². The molecule has 708 valence electrons. The molecule has 4 fully saturated rings. The predicted molar refractivity (Wildman–Crippen MR) is 468 cm³/mol. The van der Waals surface area contributed by atoms with Crippen LogP contribution in [-0.2, 0) is 105 Å². The van der Waals surface area contributed by atoms with E-state index in [9.17, 15) is 67.1 Å². The molecule has 0 aliphatic carbocycles. The Balaban J connectivity index is 0.000000190. The molecule has 0 bridgehead atoms. The van der Waals surface area contributed by atoms with E-state index in [0.717, 1.165) is 16.1 Å². The maximum Gasteiger partial charge on any atom is 0.352 e. The maximum atomic E-state index is 13.2. The second-order valence-corrected chi connectivity index (χ2v) is 29.3. The van der Waals surface area contributed by atoms with Crippen LogP contribution >= 0.6 is 0 Å². The van der Waals surface area contributed by atoms with E-state index < -0.39 is 181 Å². The lowest BCUT2D eigenvalue weighted by Crippen LogP contribution is -2.47. The maximum absolute atomic E-state index is 13.2. The van der Waals surface area contributed by atoms with Crippen LogP contribution in [-0.4, -0.2) is 247 Å². The summed E-state index contributed by atoms with van der Waals surface area (Å²) in [6.07, 6.45) is -12.8. The Hall–Kier alpha value is -16.2. The van der Waals surface area contributed by atoms with Gasteiger partial charge in [0.05, 0.1) is 33.4 Å². The summed E-state index contributed by atoms with van der Waals surface area (Å²) >= 11 is 0. The molecule has 6 aromatic carbocycles. The van der Waals surface area contributed by atoms with Gasteiger partial charge in [-0.15, -0.1) is 0 Å². The standard InChI is InChI=1S/C30H26N4O7.C30H25N3O8.C15H20N4O7.C15H19N3O8.CH4/c1-19-33-30(31)32-18-34(19)26-25(41-29(37)22-15-9-4-10-16-22)24(40-28(36)21-13-7-3-8-14-21)23(39-26)17-38-27(35)20-11-5-2-6-12-20;1-19-31-18-33(30(37)32-19)26-25(41-29(36)22-15-9-4-10-16-22)24(40-28(35)21-13-7-3-8-14-21)23(39-26)17-38-27(34)20-11-5-2-6-12-20;1-7-18-15(16)17-6-19(7)14-13(25-10(4)22)12(24-9(3)21)11(26-14)5-23-8(2)20;1-7-16-6-18(15(22)17-7)14-13(25-10(4)21)12(24-9(3)20)11(26-14)5-23-8(2)19;/h2-16,18,23-26H,1,17H2,(H2,31,33);2-16,18,23-26H,17H2,1H3;6,11-14H,1,5H2,2-4H3,(H2,16,18);6,11-14H,5H2,1-4H3;1H4/t2*23-,24+,25?,26-;2*11-,12+,13?,14-;/m1111./s1. The number of aryl methyl sites for hydroxylation is 2. The fraction of sp³-hybridized carbons (Fsp3) is 0.319. The van der Waals surface area contributed by atoms with Gasteiger partial charge in [0.25, 0.3) is 0 Å². The molecule has 0 saturated carbocycles. The molecule has 0 radical (unpaired) electrons. The van der Waals surface area contributed by atoms with Crippen LogP contribution in [0.2, 0.25) is 0 Å². The summed E-state index contributed by atoms with van der Waals surface area (Å²) in [7, 11) is 0. The van der Waals surface area contributed by atoms with Crippen LogP contribution in [0.3, 0.4) is 0 Å². The minimum atomic E-state index is -1.33. The van der Waals surface area contributed by atoms with Crippen molar-refractivity contribution in [3.05, 3.63) is 285 Å². The highest BCUT2D eigenvalue weighted by molar-refractivity contribution is 5.94. The number of nitrogens with two attached hydrogens (primary N) is 2. The Bertz CT molecular complexity index is 5860. The van der Waals surface area contributed by atoms with Gasteiger partial charge in [-0.25, -0.2) is 58.3 Å². The van der Waals surface area contributed by atoms with E-state index in [-0.39, 0.29) is 91.3 Å². The fourth-order valence-electron chi connectivity index (χ4n) is 13.6. The normalized spacial score (nSPS) is 22.7. The third kappa shape index (κ3) is 27.5. The molecular weight excluding hydrogens is 1770 g/mol. The van der Waals surface area contributed by atoms with Crippen molar-refractivity contribution in [3.8, 4) is 0 Å². The summed E-state index contributed by atoms with van der Waals surface area (Å²) in [6.45, 7) is 16.7. The number of hydrogen-bond donors (Lipinski definition) is 2. The third-order valence-electron chi connectivity index (χ3n) is 19.5. The first-order chi connectivity index (χ1) is 64.2. The second kappa shape index (κ2) is 47.6. The molecular formula is C91H94N14O30. The van der Waals surface area contributed by atoms with Gasteiger partial charge in [0.2, 0.25) is 11.9 Å². The molecule has 6 aliphatic heterocycles. The summed E-state index contributed by atoms with van der Waals surface area (Å²) in [5, 5.41) is 0. The highest BCUT2D eigenvalue weighted by Gasteiger charge is 2.57. The molecule has 6 aliphatic rings. The summed E-state index contributed by atoms with van der Waals surface area (Å²) in [5.74, 6) is -6.96. The summed E-state index contributed by atoms with van der Waals surface area (Å²) in [6, 6.07) is 49.7. The zero-order chi connectivity index (χ0) is 96.4. The van der Waals surface area contributed by atoms with Crippen LogP contribution in [0.15, 0.2) is 249 Å². The summed E-state index contributed by atoms with van der Waals surface area (Å²) < 4.78 is 91.2. The van der Waals surface area contributed by atoms with Crippen LogP contribution in [0.25, 0.3) is 0 Å². The average molecular weight is 1860 g/mol. The molecule has 44 heteroatoms. The van der Waals surface area contributed by atoms with Crippen molar-refractivity contribution in [3.63, 3.8) is 0 Å². The number of aliphatic imine (C=N–C) groups is 4. The molecule has 14 rings (SSSR count). The summed E-state index contributed by atoms with van der Waals surface area (Å²) in [5.41, 5.74) is 11.4. The van der Waals surface area contributed by atoms with Crippen LogP contribution in [0.4, 0.5) is 0 Å². The monoisotopic (exact) mass is 1860 g/mol. The van der Waals surface area contributed by atoms with E-state index in [1.54, 1.807) is 189 Å². The molecule has 8 aromatic rings. The molecule has 2 aromatic heterocycles. The molecule has 4 saturated heterocycles. The molecule has 16 atom stereocenters. The van der Waals surface area contributed by atoms with E-state index in [1.165, 1.54) is 76.7 Å². The lowest BCUT2D eigenvalue weighted by Gasteiger charge is -2.31. The van der Waals surface area contributed by atoms with Crippen molar-refractivity contribution in [1.29, 1.82) is 0 Å². The minimum absolute atomic E-state index is 0. The van der Waals surface area contributed by atoms with Gasteiger partial charge in [-0.3, -0.25) is 47.7 Å². The van der Waals surface area contributed by atoms with Gasteiger partial charge in [-0.2, -0.15) is 20.0 Å². The number of carbonyl (C=O) groups is 12. The lowest BCUT2D eigenvalue weighted by molar-refractivity contribution is -0.166. The number of benzene rings is 6. The number of ether oxygens (including phenoxy) is 16. The Morgan fingerprint density at radius 3 is 0.822 bits per heavy atom. The van der Waals surface area contributed by atoms with Gasteiger partial charge in [-0.05, 0) is 86.6 Å². The Morgan fingerprint density at radius 1 is 0.326 bits per heavy atom. The molecule has 8 heterocycles. The highest BCUT2D eigenvalue weighted by Crippen LogP contribution is 2.39. The Morgan fingerprint density at radius 2 is 0.556 bits per heavy atom. The zero-order valence-corrected chi connectivity index (χ0v) is 72.9. The van der Waals surface area contributed by atoms with E-state index in [1.807, 2.05) is 0 Å². The first-order valence-electron chi connectivity index (χ1n) is 40.8. The van der Waals surface area contributed by atoms with E-state index in [4.69, 9.17) is 87.3 Å². The SMILES string of the molecule is C.C=C1N=C(N)N=CN1[C@@H]1O[C@H](COC(=O)c2ccccc2)[C@H](OC(=O)c2ccccc2)C1OC(=O)c1ccccc1.C=C1N=C(N)N=CN1[C@@H]1O[C@H](COC(C)=O)[C@H](OC(C)=O)C1OC(C)=O.CC(=O)OC[C@H]1O[C@@H](n2cnc(C)nc2=O)C(OC(C)=O)[C@H]1OC(C)=O.Cc1ncn([C@@H]2O[C@H](COC(=O)c3ccccc3)[C@H](OC(=O)c3ccccc3)C2OC(=O)c2ccccc2)c(=O)n1. The largest absolute Gasteiger partial charge is 0.463 e. The first kappa shape index (κ1) is 101. The number of carbonyl (C=O) groups excluding carboxylic acids is 12. The lowest BCUT2D eigenvalue weighted by atomic mass is 10.1. The minimum Gasteiger partial charge on any atom is -0.463 e. The topological polar surface area (TPSA) is 556 Å². The van der Waals surface area contributed by atoms with Gasteiger partial charge in [0.15, 0.2) is 73.7 Å². The second-order valence-electron chi connectivity index (χ2n) is 29.3. The van der Waals surface area contributed by atoms with E-state index in [2.05, 4.69) is 53.1 Å². The van der Waals surface area contributed by atoms with Crippen molar-refractivity contribution in [2.24, 2.45) is 31.4 Å². The number of guanidine groups is 2. The average Bonchev–Trinajstić information content (AvgIpc) is 1.67. The molecule has 0 spiro atoms. The molecule has 4 N–H and O–H groups in total. The van der Waals surface area contributed by atoms with Crippen molar-refractivity contribution in [2.75, 3.05) is 26.4 Å². The number of nitrogens with zero attached hydrogens (tertiary/aromatic N) is 12. The smallest absolute Gasteiger partial charge is 0.352 e. The Kier molecular flexibility index (Phi) is 35.5. The third-order valence-corrected chi connectivity index (χ3v) is 19.5.